The molecule has 0 spiro atoms. The molecule has 1 aromatic carbocycles. The first-order valence-corrected chi connectivity index (χ1v) is 13.3. The van der Waals surface area contributed by atoms with Crippen LogP contribution in [0.4, 0.5) is 5.82 Å². The molecule has 2 aliphatic rings. The summed E-state index contributed by atoms with van der Waals surface area (Å²) in [6.45, 7) is 7.06. The van der Waals surface area contributed by atoms with E-state index in [0.29, 0.717) is 42.7 Å². The Morgan fingerprint density at radius 3 is 2.56 bits per heavy atom. The van der Waals surface area contributed by atoms with Crippen molar-refractivity contribution in [1.29, 1.82) is 0 Å². The highest BCUT2D eigenvalue weighted by Gasteiger charge is 2.28. The van der Waals surface area contributed by atoms with Gasteiger partial charge in [0.1, 0.15) is 5.52 Å². The van der Waals surface area contributed by atoms with Crippen LogP contribution in [0.5, 0.6) is 0 Å². The number of pyridine rings is 1. The van der Waals surface area contributed by atoms with Crippen molar-refractivity contribution in [3.05, 3.63) is 64.6 Å². The summed E-state index contributed by atoms with van der Waals surface area (Å²) in [5.41, 5.74) is 2.20. The van der Waals surface area contributed by atoms with Crippen LogP contribution in [0.2, 0.25) is 0 Å². The SMILES string of the molecule is CC(CCNC(=O)C1CCN(c2nc3cccnc3n(Cc3ccccc3)c2=O)CC1)N1CCCC1. The maximum absolute atomic E-state index is 13.6. The summed E-state index contributed by atoms with van der Waals surface area (Å²) < 4.78 is 1.72. The third-order valence-corrected chi connectivity index (χ3v) is 7.66. The van der Waals surface area contributed by atoms with Crippen molar-refractivity contribution in [1.82, 2.24) is 24.8 Å². The quantitative estimate of drug-likeness (QED) is 0.525. The van der Waals surface area contributed by atoms with E-state index in [1.54, 1.807) is 10.8 Å². The van der Waals surface area contributed by atoms with E-state index in [1.165, 1.54) is 25.9 Å². The molecule has 1 amide bonds. The number of benzene rings is 1. The Balaban J connectivity index is 1.23. The minimum Gasteiger partial charge on any atom is -0.356 e. The summed E-state index contributed by atoms with van der Waals surface area (Å²) in [6, 6.07) is 14.2. The number of carbonyl (C=O) groups excluding carboxylic acids is 1. The zero-order chi connectivity index (χ0) is 24.9. The normalized spacial score (nSPS) is 18.0. The lowest BCUT2D eigenvalue weighted by Crippen LogP contribution is -2.44. The van der Waals surface area contributed by atoms with Gasteiger partial charge in [-0.15, -0.1) is 0 Å². The Bertz CT molecular complexity index is 1230. The predicted octanol–water partition coefficient (Wildman–Crippen LogP) is 3.05. The highest BCUT2D eigenvalue weighted by Crippen LogP contribution is 2.22. The minimum atomic E-state index is -0.135. The number of anilines is 1. The predicted molar refractivity (Wildman–Crippen MR) is 142 cm³/mol. The van der Waals surface area contributed by atoms with Crippen molar-refractivity contribution >= 4 is 22.9 Å². The number of nitrogens with one attached hydrogen (secondary N) is 1. The smallest absolute Gasteiger partial charge is 0.295 e. The highest BCUT2D eigenvalue weighted by molar-refractivity contribution is 5.79. The van der Waals surface area contributed by atoms with Crippen LogP contribution in [0.15, 0.2) is 53.5 Å². The summed E-state index contributed by atoms with van der Waals surface area (Å²) in [5, 5.41) is 3.16. The molecule has 36 heavy (non-hydrogen) atoms. The zero-order valence-electron chi connectivity index (χ0n) is 21.1. The number of piperidine rings is 1. The van der Waals surface area contributed by atoms with Crippen molar-refractivity contribution in [2.45, 2.75) is 51.6 Å². The first kappa shape index (κ1) is 24.4. The van der Waals surface area contributed by atoms with Crippen molar-refractivity contribution in [3.8, 4) is 0 Å². The van der Waals surface area contributed by atoms with Crippen molar-refractivity contribution in [3.63, 3.8) is 0 Å². The van der Waals surface area contributed by atoms with Crippen LogP contribution >= 0.6 is 0 Å². The number of nitrogens with zero attached hydrogens (tertiary/aromatic N) is 5. The maximum atomic E-state index is 13.6. The summed E-state index contributed by atoms with van der Waals surface area (Å²) in [7, 11) is 0. The number of amides is 1. The van der Waals surface area contributed by atoms with E-state index in [1.807, 2.05) is 47.4 Å². The van der Waals surface area contributed by atoms with Gasteiger partial charge in [-0.25, -0.2) is 9.97 Å². The van der Waals surface area contributed by atoms with Gasteiger partial charge in [0.2, 0.25) is 5.91 Å². The molecule has 4 heterocycles. The molecule has 2 aliphatic heterocycles. The molecule has 8 nitrogen and oxygen atoms in total. The Morgan fingerprint density at radius 1 is 1.06 bits per heavy atom. The average molecular weight is 489 g/mol. The number of likely N-dealkylation sites (tertiary alicyclic amines) is 1. The molecule has 190 valence electrons. The van der Waals surface area contributed by atoms with E-state index in [0.717, 1.165) is 31.4 Å². The van der Waals surface area contributed by atoms with Gasteiger partial charge in [0.15, 0.2) is 11.5 Å². The molecular weight excluding hydrogens is 452 g/mol. The molecule has 0 radical (unpaired) electrons. The van der Waals surface area contributed by atoms with Crippen molar-refractivity contribution < 1.29 is 4.79 Å². The fourth-order valence-corrected chi connectivity index (χ4v) is 5.45. The second-order valence-electron chi connectivity index (χ2n) is 10.1. The van der Waals surface area contributed by atoms with Crippen molar-refractivity contribution in [2.24, 2.45) is 5.92 Å². The van der Waals surface area contributed by atoms with Crippen LogP contribution in [0.3, 0.4) is 0 Å². The van der Waals surface area contributed by atoms with Gasteiger partial charge in [0, 0.05) is 37.8 Å². The maximum Gasteiger partial charge on any atom is 0.295 e. The topological polar surface area (TPSA) is 83.4 Å². The molecule has 8 heteroatoms. The van der Waals surface area contributed by atoms with Crippen LogP contribution in [-0.4, -0.2) is 64.1 Å². The molecule has 5 rings (SSSR count). The van der Waals surface area contributed by atoms with Gasteiger partial charge >= 0.3 is 0 Å². The van der Waals surface area contributed by atoms with Crippen molar-refractivity contribution in [2.75, 3.05) is 37.6 Å². The molecule has 2 aromatic heterocycles. The average Bonchev–Trinajstić information content (AvgIpc) is 3.46. The van der Waals surface area contributed by atoms with Crippen LogP contribution in [0.1, 0.15) is 44.6 Å². The summed E-state index contributed by atoms with van der Waals surface area (Å²) in [4.78, 5) is 40.1. The second kappa shape index (κ2) is 11.2. The molecular formula is C28H36N6O2. The third-order valence-electron chi connectivity index (χ3n) is 7.66. The van der Waals surface area contributed by atoms with Gasteiger partial charge in [-0.2, -0.15) is 0 Å². The lowest BCUT2D eigenvalue weighted by molar-refractivity contribution is -0.125. The van der Waals surface area contributed by atoms with Crippen LogP contribution < -0.4 is 15.8 Å². The second-order valence-corrected chi connectivity index (χ2v) is 10.1. The van der Waals surface area contributed by atoms with Crippen LogP contribution in [0.25, 0.3) is 11.2 Å². The number of rotatable bonds is 8. The Labute approximate surface area is 212 Å². The number of hydrogen-bond donors (Lipinski definition) is 1. The van der Waals surface area contributed by atoms with E-state index in [-0.39, 0.29) is 17.4 Å². The van der Waals surface area contributed by atoms with Gasteiger partial charge in [0.25, 0.3) is 5.56 Å². The standard InChI is InChI=1S/C28H36N6O2/c1-21(32-16-5-6-17-32)11-15-30-27(35)23-12-18-33(19-13-23)26-28(36)34(20-22-8-3-2-4-9-22)25-24(31-26)10-7-14-29-25/h2-4,7-10,14,21,23H,5-6,11-13,15-20H2,1H3,(H,30,35). The van der Waals surface area contributed by atoms with E-state index in [4.69, 9.17) is 4.98 Å². The first-order valence-electron chi connectivity index (χ1n) is 13.3. The minimum absolute atomic E-state index is 0.0167. The molecule has 2 saturated heterocycles. The number of aromatic nitrogens is 3. The van der Waals surface area contributed by atoms with Gasteiger partial charge in [-0.3, -0.25) is 14.2 Å². The molecule has 0 saturated carbocycles. The lowest BCUT2D eigenvalue weighted by atomic mass is 9.96. The number of hydrogen-bond acceptors (Lipinski definition) is 6. The molecule has 1 atom stereocenters. The van der Waals surface area contributed by atoms with E-state index in [2.05, 4.69) is 22.1 Å². The fraction of sp³-hybridized carbons (Fsp3) is 0.500. The molecule has 0 bridgehead atoms. The third kappa shape index (κ3) is 5.43. The monoisotopic (exact) mass is 488 g/mol. The number of carbonyl (C=O) groups is 1. The lowest BCUT2D eigenvalue weighted by Gasteiger charge is -2.32. The first-order chi connectivity index (χ1) is 17.6. The Kier molecular flexibility index (Phi) is 7.60. The van der Waals surface area contributed by atoms with Crippen LogP contribution in [0, 0.1) is 5.92 Å². The van der Waals surface area contributed by atoms with E-state index >= 15 is 0 Å². The molecule has 2 fully saturated rings. The van der Waals surface area contributed by atoms with E-state index in [9.17, 15) is 9.59 Å². The highest BCUT2D eigenvalue weighted by atomic mass is 16.2. The zero-order valence-corrected chi connectivity index (χ0v) is 21.1. The van der Waals surface area contributed by atoms with Gasteiger partial charge < -0.3 is 15.1 Å². The fourth-order valence-electron chi connectivity index (χ4n) is 5.45. The molecule has 1 unspecified atom stereocenters. The van der Waals surface area contributed by atoms with E-state index < -0.39 is 0 Å². The molecule has 3 aromatic rings. The molecule has 0 aliphatic carbocycles. The number of fused-ring (bicyclic) bond motifs is 1. The largest absolute Gasteiger partial charge is 0.356 e. The Hall–Kier alpha value is -3.26. The summed E-state index contributed by atoms with van der Waals surface area (Å²) >= 11 is 0. The van der Waals surface area contributed by atoms with Gasteiger partial charge in [-0.05, 0) is 69.8 Å². The summed E-state index contributed by atoms with van der Waals surface area (Å²) in [5.74, 6) is 0.571. The van der Waals surface area contributed by atoms with Gasteiger partial charge in [-0.1, -0.05) is 30.3 Å². The van der Waals surface area contributed by atoms with Crippen LogP contribution in [-0.2, 0) is 11.3 Å². The Morgan fingerprint density at radius 2 is 1.81 bits per heavy atom. The molecule has 1 N–H and O–H groups in total. The van der Waals surface area contributed by atoms with Gasteiger partial charge in [0.05, 0.1) is 6.54 Å². The summed E-state index contributed by atoms with van der Waals surface area (Å²) in [6.07, 6.45) is 6.70.